The van der Waals surface area contributed by atoms with Gasteiger partial charge >= 0.3 is 0 Å². The maximum atomic E-state index is 10.4. The van der Waals surface area contributed by atoms with Crippen molar-refractivity contribution in [1.29, 1.82) is 0 Å². The Hall–Kier alpha value is -0.130. The van der Waals surface area contributed by atoms with Crippen LogP contribution in [0.2, 0.25) is 0 Å². The van der Waals surface area contributed by atoms with Crippen LogP contribution in [0.15, 0.2) is 12.3 Å². The molecule has 1 saturated heterocycles. The molecule has 3 unspecified atom stereocenters. The highest BCUT2D eigenvalue weighted by Gasteiger charge is 2.29. The smallest absolute Gasteiger partial charge is 0.0725 e. The second kappa shape index (κ2) is 6.35. The predicted molar refractivity (Wildman–Crippen MR) is 80.5 cm³/mol. The fourth-order valence-electron chi connectivity index (χ4n) is 2.18. The van der Waals surface area contributed by atoms with Gasteiger partial charge in [-0.1, -0.05) is 6.92 Å². The number of nitrogens with zero attached hydrogens (tertiary/aromatic N) is 2. The zero-order chi connectivity index (χ0) is 13.1. The lowest BCUT2D eigenvalue weighted by Gasteiger charge is -2.31. The molecule has 0 radical (unpaired) electrons. The summed E-state index contributed by atoms with van der Waals surface area (Å²) in [4.78, 5) is 0. The standard InChI is InChI=1S/C13H22N2OS2/c1-9(2)15-5-4-11(14-15)8-12(16)13-10(3)17-6-7-18-13/h4-5,9-10,12-13,16H,6-8H2,1-3H3. The molecule has 5 heteroatoms. The highest BCUT2D eigenvalue weighted by Crippen LogP contribution is 2.33. The van der Waals surface area contributed by atoms with Crippen LogP contribution in [-0.2, 0) is 6.42 Å². The van der Waals surface area contributed by atoms with Crippen LogP contribution in [0, 0.1) is 0 Å². The van der Waals surface area contributed by atoms with E-state index in [0.717, 1.165) is 11.4 Å². The first kappa shape index (κ1) is 14.3. The highest BCUT2D eigenvalue weighted by atomic mass is 32.2. The van der Waals surface area contributed by atoms with Crippen molar-refractivity contribution in [3.63, 3.8) is 0 Å². The fourth-order valence-corrected chi connectivity index (χ4v) is 5.02. The quantitative estimate of drug-likeness (QED) is 0.923. The van der Waals surface area contributed by atoms with Crippen molar-refractivity contribution >= 4 is 23.5 Å². The van der Waals surface area contributed by atoms with Gasteiger partial charge in [-0.3, -0.25) is 4.68 Å². The minimum Gasteiger partial charge on any atom is -0.392 e. The molecule has 0 spiro atoms. The second-order valence-corrected chi connectivity index (χ2v) is 7.83. The number of hydrogen-bond acceptors (Lipinski definition) is 4. The zero-order valence-corrected chi connectivity index (χ0v) is 12.9. The van der Waals surface area contributed by atoms with E-state index >= 15 is 0 Å². The van der Waals surface area contributed by atoms with Gasteiger partial charge in [-0.2, -0.15) is 28.6 Å². The van der Waals surface area contributed by atoms with E-state index in [0.29, 0.717) is 23.0 Å². The summed E-state index contributed by atoms with van der Waals surface area (Å²) in [6.07, 6.45) is 2.38. The van der Waals surface area contributed by atoms with Gasteiger partial charge in [0.15, 0.2) is 0 Å². The normalized spacial score (nSPS) is 26.5. The Morgan fingerprint density at radius 2 is 2.17 bits per heavy atom. The van der Waals surface area contributed by atoms with Gasteiger partial charge < -0.3 is 5.11 Å². The van der Waals surface area contributed by atoms with Gasteiger partial charge in [-0.05, 0) is 19.9 Å². The number of aliphatic hydroxyl groups is 1. The van der Waals surface area contributed by atoms with Gasteiger partial charge in [0, 0.05) is 40.7 Å². The van der Waals surface area contributed by atoms with Gasteiger partial charge in [0.25, 0.3) is 0 Å². The monoisotopic (exact) mass is 286 g/mol. The summed E-state index contributed by atoms with van der Waals surface area (Å²) in [6, 6.07) is 2.41. The predicted octanol–water partition coefficient (Wildman–Crippen LogP) is 2.60. The molecular formula is C13H22N2OS2. The third-order valence-electron chi connectivity index (χ3n) is 3.23. The van der Waals surface area contributed by atoms with E-state index in [1.165, 1.54) is 5.75 Å². The van der Waals surface area contributed by atoms with E-state index in [-0.39, 0.29) is 6.10 Å². The molecule has 102 valence electrons. The molecule has 0 bridgehead atoms. The van der Waals surface area contributed by atoms with E-state index in [2.05, 4.69) is 25.9 Å². The third kappa shape index (κ3) is 3.45. The van der Waals surface area contributed by atoms with E-state index in [1.807, 2.05) is 40.5 Å². The maximum absolute atomic E-state index is 10.4. The second-order valence-electron chi connectivity index (χ2n) is 5.06. The van der Waals surface area contributed by atoms with Crippen LogP contribution in [0.5, 0.6) is 0 Å². The molecule has 2 rings (SSSR count). The van der Waals surface area contributed by atoms with Gasteiger partial charge in [0.2, 0.25) is 0 Å². The molecule has 1 aromatic rings. The molecule has 3 nitrogen and oxygen atoms in total. The van der Waals surface area contributed by atoms with E-state index < -0.39 is 0 Å². The van der Waals surface area contributed by atoms with E-state index in [9.17, 15) is 5.11 Å². The molecule has 18 heavy (non-hydrogen) atoms. The van der Waals surface area contributed by atoms with Gasteiger partial charge in [-0.25, -0.2) is 0 Å². The Morgan fingerprint density at radius 3 is 2.78 bits per heavy atom. The summed E-state index contributed by atoms with van der Waals surface area (Å²) in [6.45, 7) is 6.45. The average molecular weight is 286 g/mol. The number of aliphatic hydroxyl groups excluding tert-OH is 1. The first-order valence-electron chi connectivity index (χ1n) is 6.53. The van der Waals surface area contributed by atoms with Crippen LogP contribution in [0.3, 0.4) is 0 Å². The molecule has 1 aliphatic rings. The Balaban J connectivity index is 1.95. The Morgan fingerprint density at radius 1 is 1.44 bits per heavy atom. The topological polar surface area (TPSA) is 38.0 Å². The van der Waals surface area contributed by atoms with Gasteiger partial charge in [0.05, 0.1) is 11.8 Å². The van der Waals surface area contributed by atoms with Crippen molar-refractivity contribution in [1.82, 2.24) is 9.78 Å². The molecule has 0 aromatic carbocycles. The summed E-state index contributed by atoms with van der Waals surface area (Å²) >= 11 is 3.88. The lowest BCUT2D eigenvalue weighted by molar-refractivity contribution is 0.170. The third-order valence-corrected chi connectivity index (χ3v) is 6.46. The van der Waals surface area contributed by atoms with Gasteiger partial charge in [-0.15, -0.1) is 0 Å². The first-order valence-corrected chi connectivity index (χ1v) is 8.63. The van der Waals surface area contributed by atoms with Crippen molar-refractivity contribution < 1.29 is 5.11 Å². The molecular weight excluding hydrogens is 264 g/mol. The number of thioether (sulfide) groups is 2. The number of aromatic nitrogens is 2. The summed E-state index contributed by atoms with van der Waals surface area (Å²) in [7, 11) is 0. The lowest BCUT2D eigenvalue weighted by Crippen LogP contribution is -2.36. The Bertz CT molecular complexity index is 381. The molecule has 0 aliphatic carbocycles. The fraction of sp³-hybridized carbons (Fsp3) is 0.769. The molecule has 2 heterocycles. The van der Waals surface area contributed by atoms with Crippen LogP contribution in [0.1, 0.15) is 32.5 Å². The molecule has 0 saturated carbocycles. The minimum atomic E-state index is -0.284. The summed E-state index contributed by atoms with van der Waals surface area (Å²) in [5.41, 5.74) is 1.000. The van der Waals surface area contributed by atoms with E-state index in [4.69, 9.17) is 0 Å². The van der Waals surface area contributed by atoms with Crippen molar-refractivity contribution in [3.8, 4) is 0 Å². The number of hydrogen-bond donors (Lipinski definition) is 1. The molecule has 1 aromatic heterocycles. The van der Waals surface area contributed by atoms with Crippen LogP contribution in [0.4, 0.5) is 0 Å². The van der Waals surface area contributed by atoms with Crippen LogP contribution in [-0.4, -0.2) is 43.0 Å². The van der Waals surface area contributed by atoms with Gasteiger partial charge in [0.1, 0.15) is 0 Å². The zero-order valence-electron chi connectivity index (χ0n) is 11.2. The van der Waals surface area contributed by atoms with Crippen molar-refractivity contribution in [2.24, 2.45) is 0 Å². The average Bonchev–Trinajstić information content (AvgIpc) is 2.78. The summed E-state index contributed by atoms with van der Waals surface area (Å²) < 4.78 is 1.95. The van der Waals surface area contributed by atoms with Crippen molar-refractivity contribution in [3.05, 3.63) is 18.0 Å². The lowest BCUT2D eigenvalue weighted by atomic mass is 10.1. The minimum absolute atomic E-state index is 0.284. The number of rotatable bonds is 4. The van der Waals surface area contributed by atoms with Crippen LogP contribution < -0.4 is 0 Å². The van der Waals surface area contributed by atoms with Crippen molar-refractivity contribution in [2.75, 3.05) is 11.5 Å². The van der Waals surface area contributed by atoms with E-state index in [1.54, 1.807) is 0 Å². The Labute approximate surface area is 118 Å². The van der Waals surface area contributed by atoms with Crippen molar-refractivity contribution in [2.45, 2.75) is 49.8 Å². The first-order chi connectivity index (χ1) is 8.58. The SMILES string of the molecule is CC1SCCSC1C(O)Cc1ccn(C(C)C)n1. The largest absolute Gasteiger partial charge is 0.392 e. The molecule has 1 aliphatic heterocycles. The van der Waals surface area contributed by atoms with Crippen LogP contribution >= 0.6 is 23.5 Å². The molecule has 1 N–H and O–H groups in total. The summed E-state index contributed by atoms with van der Waals surface area (Å²) in [5.74, 6) is 2.36. The maximum Gasteiger partial charge on any atom is 0.0725 e. The molecule has 1 fully saturated rings. The van der Waals surface area contributed by atoms with Crippen LogP contribution in [0.25, 0.3) is 0 Å². The Kier molecular flexibility index (Phi) is 5.04. The molecule has 0 amide bonds. The summed E-state index contributed by atoms with van der Waals surface area (Å²) in [5, 5.41) is 15.7. The highest BCUT2D eigenvalue weighted by molar-refractivity contribution is 8.07. The molecule has 3 atom stereocenters.